The number of anilines is 1. The lowest BCUT2D eigenvalue weighted by Crippen LogP contribution is -2.38. The molecule has 0 radical (unpaired) electrons. The van der Waals surface area contributed by atoms with E-state index >= 15 is 0 Å². The minimum Gasteiger partial charge on any atom is -0.398 e. The second kappa shape index (κ2) is 4.98. The monoisotopic (exact) mass is 248 g/mol. The molecule has 0 aromatic heterocycles. The predicted octanol–water partition coefficient (Wildman–Crippen LogP) is 1.39. The highest BCUT2D eigenvalue weighted by Crippen LogP contribution is 2.26. The Kier molecular flexibility index (Phi) is 3.57. The number of amides is 1. The van der Waals surface area contributed by atoms with Crippen molar-refractivity contribution in [2.45, 2.75) is 32.8 Å². The number of nitrogens with two attached hydrogens (primary N) is 1. The Labute approximate surface area is 107 Å². The van der Waals surface area contributed by atoms with Crippen molar-refractivity contribution in [1.82, 2.24) is 5.32 Å². The van der Waals surface area contributed by atoms with Crippen molar-refractivity contribution in [1.29, 1.82) is 0 Å². The van der Waals surface area contributed by atoms with E-state index in [1.807, 2.05) is 19.9 Å². The van der Waals surface area contributed by atoms with Crippen LogP contribution in [0.15, 0.2) is 12.1 Å². The first-order chi connectivity index (χ1) is 8.47. The summed E-state index contributed by atoms with van der Waals surface area (Å²) in [5, 5.41) is 12.1. The van der Waals surface area contributed by atoms with Crippen molar-refractivity contribution >= 4 is 11.6 Å². The van der Waals surface area contributed by atoms with Crippen LogP contribution in [-0.2, 0) is 0 Å². The SMILES string of the molecule is Cc1cc(C)c(C(=O)NCC2CC(O)C2)cc1N. The molecule has 4 nitrogen and oxygen atoms in total. The van der Waals surface area contributed by atoms with Gasteiger partial charge in [-0.3, -0.25) is 4.79 Å². The number of aliphatic hydroxyl groups is 1. The summed E-state index contributed by atoms with van der Waals surface area (Å²) in [7, 11) is 0. The van der Waals surface area contributed by atoms with E-state index in [0.29, 0.717) is 23.7 Å². The molecule has 0 unspecified atom stereocenters. The summed E-state index contributed by atoms with van der Waals surface area (Å²) >= 11 is 0. The van der Waals surface area contributed by atoms with Gasteiger partial charge < -0.3 is 16.2 Å². The Bertz CT molecular complexity index is 465. The van der Waals surface area contributed by atoms with Gasteiger partial charge in [0.2, 0.25) is 0 Å². The van der Waals surface area contributed by atoms with Crippen LogP contribution in [0.1, 0.15) is 34.3 Å². The van der Waals surface area contributed by atoms with E-state index in [0.717, 1.165) is 24.0 Å². The standard InChI is InChI=1S/C14H20N2O2/c1-8-3-9(2)13(15)6-12(8)14(18)16-7-10-4-11(17)5-10/h3,6,10-11,17H,4-5,7,15H2,1-2H3,(H,16,18). The lowest BCUT2D eigenvalue weighted by molar-refractivity contribution is 0.0420. The average Bonchev–Trinajstić information content (AvgIpc) is 2.27. The molecule has 0 saturated heterocycles. The van der Waals surface area contributed by atoms with E-state index in [2.05, 4.69) is 5.32 Å². The largest absolute Gasteiger partial charge is 0.398 e. The third kappa shape index (κ3) is 2.64. The Hall–Kier alpha value is -1.55. The van der Waals surface area contributed by atoms with Gasteiger partial charge in [0.15, 0.2) is 0 Å². The molecule has 2 rings (SSSR count). The maximum atomic E-state index is 12.0. The van der Waals surface area contributed by atoms with Gasteiger partial charge in [0.1, 0.15) is 0 Å². The lowest BCUT2D eigenvalue weighted by atomic mass is 9.82. The van der Waals surface area contributed by atoms with Crippen molar-refractivity contribution in [2.75, 3.05) is 12.3 Å². The van der Waals surface area contributed by atoms with Crippen molar-refractivity contribution < 1.29 is 9.90 Å². The molecule has 1 aromatic rings. The molecule has 0 heterocycles. The van der Waals surface area contributed by atoms with E-state index in [4.69, 9.17) is 5.73 Å². The van der Waals surface area contributed by atoms with Gasteiger partial charge in [-0.25, -0.2) is 0 Å². The fourth-order valence-corrected chi connectivity index (χ4v) is 2.31. The minimum atomic E-state index is -0.177. The number of carbonyl (C=O) groups is 1. The number of rotatable bonds is 3. The third-order valence-corrected chi connectivity index (χ3v) is 3.62. The van der Waals surface area contributed by atoms with E-state index < -0.39 is 0 Å². The van der Waals surface area contributed by atoms with Crippen LogP contribution in [0.25, 0.3) is 0 Å². The summed E-state index contributed by atoms with van der Waals surface area (Å²) in [6.07, 6.45) is 1.40. The number of hydrogen-bond acceptors (Lipinski definition) is 3. The summed E-state index contributed by atoms with van der Waals surface area (Å²) < 4.78 is 0. The average molecular weight is 248 g/mol. The molecule has 0 aliphatic heterocycles. The van der Waals surface area contributed by atoms with Crippen LogP contribution in [-0.4, -0.2) is 23.7 Å². The van der Waals surface area contributed by atoms with Crippen LogP contribution < -0.4 is 11.1 Å². The molecular weight excluding hydrogens is 228 g/mol. The molecule has 1 saturated carbocycles. The molecule has 4 N–H and O–H groups in total. The topological polar surface area (TPSA) is 75.3 Å². The van der Waals surface area contributed by atoms with Gasteiger partial charge in [-0.05, 0) is 49.8 Å². The Morgan fingerprint density at radius 1 is 1.39 bits per heavy atom. The molecular formula is C14H20N2O2. The van der Waals surface area contributed by atoms with Crippen molar-refractivity contribution in [3.63, 3.8) is 0 Å². The number of nitrogens with one attached hydrogen (secondary N) is 1. The van der Waals surface area contributed by atoms with Gasteiger partial charge in [-0.1, -0.05) is 6.07 Å². The molecule has 18 heavy (non-hydrogen) atoms. The number of nitrogen functional groups attached to an aromatic ring is 1. The smallest absolute Gasteiger partial charge is 0.251 e. The Balaban J connectivity index is 1.98. The Morgan fingerprint density at radius 3 is 2.67 bits per heavy atom. The first-order valence-corrected chi connectivity index (χ1v) is 6.30. The number of carbonyl (C=O) groups excluding carboxylic acids is 1. The van der Waals surface area contributed by atoms with Gasteiger partial charge in [0.05, 0.1) is 6.10 Å². The highest BCUT2D eigenvalue weighted by atomic mass is 16.3. The van der Waals surface area contributed by atoms with E-state index in [1.165, 1.54) is 0 Å². The Morgan fingerprint density at radius 2 is 2.06 bits per heavy atom. The summed E-state index contributed by atoms with van der Waals surface area (Å²) in [4.78, 5) is 12.0. The fourth-order valence-electron chi connectivity index (χ4n) is 2.31. The van der Waals surface area contributed by atoms with Gasteiger partial charge in [0.25, 0.3) is 5.91 Å². The van der Waals surface area contributed by atoms with Crippen molar-refractivity contribution in [2.24, 2.45) is 5.92 Å². The number of hydrogen-bond donors (Lipinski definition) is 3. The highest BCUT2D eigenvalue weighted by molar-refractivity contribution is 5.96. The molecule has 0 bridgehead atoms. The van der Waals surface area contributed by atoms with Crippen LogP contribution in [0.2, 0.25) is 0 Å². The zero-order chi connectivity index (χ0) is 13.3. The highest BCUT2D eigenvalue weighted by Gasteiger charge is 2.27. The van der Waals surface area contributed by atoms with Gasteiger partial charge in [0, 0.05) is 17.8 Å². The number of aliphatic hydroxyl groups excluding tert-OH is 1. The van der Waals surface area contributed by atoms with E-state index in [9.17, 15) is 9.90 Å². The second-order valence-electron chi connectivity index (χ2n) is 5.22. The first kappa shape index (κ1) is 12.9. The van der Waals surface area contributed by atoms with Crippen molar-refractivity contribution in [3.05, 3.63) is 28.8 Å². The summed E-state index contributed by atoms with van der Waals surface area (Å²) in [6, 6.07) is 3.66. The molecule has 1 aliphatic carbocycles. The van der Waals surface area contributed by atoms with Crippen LogP contribution in [0.4, 0.5) is 5.69 Å². The summed E-state index contributed by atoms with van der Waals surface area (Å²) in [6.45, 7) is 4.47. The van der Waals surface area contributed by atoms with Gasteiger partial charge in [-0.15, -0.1) is 0 Å². The number of aryl methyl sites for hydroxylation is 2. The van der Waals surface area contributed by atoms with Crippen LogP contribution in [0.3, 0.4) is 0 Å². The van der Waals surface area contributed by atoms with Gasteiger partial charge in [-0.2, -0.15) is 0 Å². The molecule has 98 valence electrons. The maximum Gasteiger partial charge on any atom is 0.251 e. The normalized spacial score (nSPS) is 22.4. The fraction of sp³-hybridized carbons (Fsp3) is 0.500. The van der Waals surface area contributed by atoms with E-state index in [-0.39, 0.29) is 12.0 Å². The first-order valence-electron chi connectivity index (χ1n) is 6.30. The van der Waals surface area contributed by atoms with E-state index in [1.54, 1.807) is 6.07 Å². The zero-order valence-corrected chi connectivity index (χ0v) is 10.9. The van der Waals surface area contributed by atoms with Crippen LogP contribution in [0.5, 0.6) is 0 Å². The van der Waals surface area contributed by atoms with Crippen LogP contribution >= 0.6 is 0 Å². The third-order valence-electron chi connectivity index (χ3n) is 3.62. The molecule has 1 aromatic carbocycles. The van der Waals surface area contributed by atoms with Crippen LogP contribution in [0, 0.1) is 19.8 Å². The minimum absolute atomic E-state index is 0.0828. The zero-order valence-electron chi connectivity index (χ0n) is 10.9. The lowest BCUT2D eigenvalue weighted by Gasteiger charge is -2.31. The number of benzene rings is 1. The molecule has 4 heteroatoms. The second-order valence-corrected chi connectivity index (χ2v) is 5.22. The quantitative estimate of drug-likeness (QED) is 0.707. The predicted molar refractivity (Wildman–Crippen MR) is 71.4 cm³/mol. The summed E-state index contributed by atoms with van der Waals surface area (Å²) in [5.74, 6) is 0.327. The molecule has 1 aliphatic rings. The van der Waals surface area contributed by atoms with Gasteiger partial charge >= 0.3 is 0 Å². The van der Waals surface area contributed by atoms with Crippen molar-refractivity contribution in [3.8, 4) is 0 Å². The molecule has 1 fully saturated rings. The molecule has 0 atom stereocenters. The maximum absolute atomic E-state index is 12.0. The summed E-state index contributed by atoms with van der Waals surface area (Å²) in [5.41, 5.74) is 9.04. The molecule has 1 amide bonds. The molecule has 0 spiro atoms.